The predicted molar refractivity (Wildman–Crippen MR) is 92.4 cm³/mol. The molecule has 112 valence electrons. The third kappa shape index (κ3) is 2.88. The van der Waals surface area contributed by atoms with Crippen LogP contribution in [0.1, 0.15) is 29.8 Å². The Morgan fingerprint density at radius 2 is 2.05 bits per heavy atom. The van der Waals surface area contributed by atoms with Gasteiger partial charge in [0, 0.05) is 22.4 Å². The zero-order valence-electron chi connectivity index (χ0n) is 12.9. The summed E-state index contributed by atoms with van der Waals surface area (Å²) in [5, 5.41) is 7.95. The fourth-order valence-corrected chi connectivity index (χ4v) is 3.08. The molecule has 1 aromatic carbocycles. The number of aryl methyl sites for hydroxylation is 1. The standard InChI is InChI=1S/C18H18N2OS/c1-11(2)19-18(21)15-9-17(13-6-7-22-10-13)20-16-5-4-12(3)8-14(15)16/h4-11H,1-3H3,(H,19,21). The molecule has 1 amide bonds. The molecule has 0 saturated heterocycles. The molecule has 0 aliphatic carbocycles. The minimum absolute atomic E-state index is 0.0514. The summed E-state index contributed by atoms with van der Waals surface area (Å²) in [7, 11) is 0. The Morgan fingerprint density at radius 1 is 1.23 bits per heavy atom. The molecule has 3 rings (SSSR count). The normalized spacial score (nSPS) is 11.1. The lowest BCUT2D eigenvalue weighted by atomic mass is 10.0. The van der Waals surface area contributed by atoms with Crippen molar-refractivity contribution in [3.05, 3.63) is 52.2 Å². The van der Waals surface area contributed by atoms with E-state index in [9.17, 15) is 4.79 Å². The summed E-state index contributed by atoms with van der Waals surface area (Å²) in [5.41, 5.74) is 4.54. The Balaban J connectivity index is 2.21. The minimum atomic E-state index is -0.0514. The highest BCUT2D eigenvalue weighted by Crippen LogP contribution is 2.27. The van der Waals surface area contributed by atoms with E-state index in [-0.39, 0.29) is 11.9 Å². The van der Waals surface area contributed by atoms with Gasteiger partial charge in [0.25, 0.3) is 5.91 Å². The number of thiophene rings is 1. The van der Waals surface area contributed by atoms with E-state index < -0.39 is 0 Å². The lowest BCUT2D eigenvalue weighted by Gasteiger charge is -2.12. The van der Waals surface area contributed by atoms with Crippen molar-refractivity contribution in [2.75, 3.05) is 0 Å². The summed E-state index contributed by atoms with van der Waals surface area (Å²) in [6, 6.07) is 10.0. The van der Waals surface area contributed by atoms with Gasteiger partial charge in [-0.2, -0.15) is 11.3 Å². The van der Waals surface area contributed by atoms with Crippen LogP contribution in [0.3, 0.4) is 0 Å². The number of fused-ring (bicyclic) bond motifs is 1. The topological polar surface area (TPSA) is 42.0 Å². The van der Waals surface area contributed by atoms with E-state index in [0.717, 1.165) is 27.7 Å². The molecule has 0 bridgehead atoms. The Bertz CT molecular complexity index is 822. The smallest absolute Gasteiger partial charge is 0.252 e. The van der Waals surface area contributed by atoms with Gasteiger partial charge < -0.3 is 5.32 Å². The van der Waals surface area contributed by atoms with Crippen LogP contribution < -0.4 is 5.32 Å². The predicted octanol–water partition coefficient (Wildman–Crippen LogP) is 4.41. The largest absolute Gasteiger partial charge is 0.350 e. The lowest BCUT2D eigenvalue weighted by Crippen LogP contribution is -2.30. The van der Waals surface area contributed by atoms with E-state index in [2.05, 4.69) is 5.32 Å². The van der Waals surface area contributed by atoms with Crippen LogP contribution in [0, 0.1) is 6.92 Å². The van der Waals surface area contributed by atoms with Gasteiger partial charge >= 0.3 is 0 Å². The van der Waals surface area contributed by atoms with Gasteiger partial charge in [-0.1, -0.05) is 11.6 Å². The van der Waals surface area contributed by atoms with Gasteiger partial charge in [0.1, 0.15) is 0 Å². The number of pyridine rings is 1. The molecule has 3 nitrogen and oxygen atoms in total. The Labute approximate surface area is 134 Å². The van der Waals surface area contributed by atoms with E-state index in [1.54, 1.807) is 11.3 Å². The maximum absolute atomic E-state index is 12.6. The molecule has 1 N–H and O–H groups in total. The molecule has 0 radical (unpaired) electrons. The zero-order chi connectivity index (χ0) is 15.7. The first-order valence-electron chi connectivity index (χ1n) is 7.29. The molecule has 3 aromatic rings. The SMILES string of the molecule is Cc1ccc2nc(-c3ccsc3)cc(C(=O)NC(C)C)c2c1. The number of rotatable bonds is 3. The fraction of sp³-hybridized carbons (Fsp3) is 0.222. The van der Waals surface area contributed by atoms with Gasteiger partial charge in [-0.05, 0) is 50.4 Å². The summed E-state index contributed by atoms with van der Waals surface area (Å²) in [5.74, 6) is -0.0514. The number of nitrogens with one attached hydrogen (secondary N) is 1. The highest BCUT2D eigenvalue weighted by Gasteiger charge is 2.15. The average Bonchev–Trinajstić information content (AvgIpc) is 2.99. The van der Waals surface area contributed by atoms with Gasteiger partial charge in [0.05, 0.1) is 16.8 Å². The van der Waals surface area contributed by atoms with Crippen LogP contribution >= 0.6 is 11.3 Å². The highest BCUT2D eigenvalue weighted by molar-refractivity contribution is 7.08. The van der Waals surface area contributed by atoms with Crippen LogP contribution in [0.4, 0.5) is 0 Å². The van der Waals surface area contributed by atoms with E-state index in [0.29, 0.717) is 5.56 Å². The second-order valence-electron chi connectivity index (χ2n) is 5.72. The number of nitrogens with zero attached hydrogens (tertiary/aromatic N) is 1. The van der Waals surface area contributed by atoms with Gasteiger partial charge in [0.15, 0.2) is 0 Å². The molecule has 0 saturated carbocycles. The van der Waals surface area contributed by atoms with Crippen molar-refractivity contribution < 1.29 is 4.79 Å². The summed E-state index contributed by atoms with van der Waals surface area (Å²) < 4.78 is 0. The Kier molecular flexibility index (Phi) is 3.94. The number of benzene rings is 1. The van der Waals surface area contributed by atoms with Crippen molar-refractivity contribution in [2.45, 2.75) is 26.8 Å². The fourth-order valence-electron chi connectivity index (χ4n) is 2.43. The van der Waals surface area contributed by atoms with Crippen molar-refractivity contribution in [3.8, 4) is 11.3 Å². The Morgan fingerprint density at radius 3 is 2.73 bits per heavy atom. The third-order valence-corrected chi connectivity index (χ3v) is 4.13. The quantitative estimate of drug-likeness (QED) is 0.778. The van der Waals surface area contributed by atoms with Gasteiger partial charge in [-0.15, -0.1) is 0 Å². The maximum Gasteiger partial charge on any atom is 0.252 e. The van der Waals surface area contributed by atoms with Crippen molar-refractivity contribution in [2.24, 2.45) is 0 Å². The number of amides is 1. The molecule has 0 unspecified atom stereocenters. The van der Waals surface area contributed by atoms with Crippen molar-refractivity contribution in [3.63, 3.8) is 0 Å². The van der Waals surface area contributed by atoms with Gasteiger partial charge in [-0.3, -0.25) is 4.79 Å². The summed E-state index contributed by atoms with van der Waals surface area (Å²) in [6.07, 6.45) is 0. The van der Waals surface area contributed by atoms with Crippen LogP contribution in [0.25, 0.3) is 22.2 Å². The lowest BCUT2D eigenvalue weighted by molar-refractivity contribution is 0.0945. The van der Waals surface area contributed by atoms with Crippen LogP contribution in [-0.4, -0.2) is 16.9 Å². The van der Waals surface area contributed by atoms with Crippen LogP contribution in [0.2, 0.25) is 0 Å². The molecule has 0 aliphatic rings. The first kappa shape index (κ1) is 14.7. The molecule has 0 atom stereocenters. The summed E-state index contributed by atoms with van der Waals surface area (Å²) in [4.78, 5) is 17.3. The number of hydrogen-bond acceptors (Lipinski definition) is 3. The van der Waals surface area contributed by atoms with Crippen LogP contribution in [0.5, 0.6) is 0 Å². The van der Waals surface area contributed by atoms with Crippen molar-refractivity contribution in [1.82, 2.24) is 10.3 Å². The van der Waals surface area contributed by atoms with Gasteiger partial charge in [0.2, 0.25) is 0 Å². The molecular formula is C18H18N2OS. The summed E-state index contributed by atoms with van der Waals surface area (Å²) in [6.45, 7) is 5.95. The average molecular weight is 310 g/mol. The van der Waals surface area contributed by atoms with Crippen molar-refractivity contribution in [1.29, 1.82) is 0 Å². The molecule has 2 heterocycles. The highest BCUT2D eigenvalue weighted by atomic mass is 32.1. The molecule has 0 spiro atoms. The van der Waals surface area contributed by atoms with E-state index in [1.165, 1.54) is 0 Å². The molecule has 22 heavy (non-hydrogen) atoms. The van der Waals surface area contributed by atoms with Gasteiger partial charge in [-0.25, -0.2) is 4.98 Å². The third-order valence-electron chi connectivity index (χ3n) is 3.45. The monoisotopic (exact) mass is 310 g/mol. The molecule has 2 aromatic heterocycles. The van der Waals surface area contributed by atoms with E-state index in [1.807, 2.05) is 61.9 Å². The van der Waals surface area contributed by atoms with E-state index >= 15 is 0 Å². The Hall–Kier alpha value is -2.20. The molecule has 0 fully saturated rings. The molecule has 0 aliphatic heterocycles. The first-order chi connectivity index (χ1) is 10.5. The number of carbonyl (C=O) groups is 1. The minimum Gasteiger partial charge on any atom is -0.350 e. The second-order valence-corrected chi connectivity index (χ2v) is 6.50. The molecule has 4 heteroatoms. The second kappa shape index (κ2) is 5.89. The van der Waals surface area contributed by atoms with E-state index in [4.69, 9.17) is 4.98 Å². The number of hydrogen-bond donors (Lipinski definition) is 1. The maximum atomic E-state index is 12.6. The summed E-state index contributed by atoms with van der Waals surface area (Å²) >= 11 is 1.63. The van der Waals surface area contributed by atoms with Crippen LogP contribution in [0.15, 0.2) is 41.1 Å². The van der Waals surface area contributed by atoms with Crippen LogP contribution in [-0.2, 0) is 0 Å². The molecular weight excluding hydrogens is 292 g/mol. The number of aromatic nitrogens is 1. The van der Waals surface area contributed by atoms with Crippen molar-refractivity contribution >= 4 is 28.1 Å². The first-order valence-corrected chi connectivity index (χ1v) is 8.23. The number of carbonyl (C=O) groups excluding carboxylic acids is 1. The zero-order valence-corrected chi connectivity index (χ0v) is 13.7.